The lowest BCUT2D eigenvalue weighted by atomic mass is 10.0. The van der Waals surface area contributed by atoms with Crippen molar-refractivity contribution in [1.29, 1.82) is 0 Å². The van der Waals surface area contributed by atoms with Gasteiger partial charge in [0.1, 0.15) is 0 Å². The minimum Gasteiger partial charge on any atom is -0.478 e. The molecule has 2 heteroatoms. The van der Waals surface area contributed by atoms with Crippen LogP contribution in [-0.2, 0) is 4.79 Å². The predicted molar refractivity (Wildman–Crippen MR) is 65.4 cm³/mol. The Morgan fingerprint density at radius 1 is 1.19 bits per heavy atom. The van der Waals surface area contributed by atoms with Crippen molar-refractivity contribution < 1.29 is 9.90 Å². The van der Waals surface area contributed by atoms with Gasteiger partial charge in [-0.15, -0.1) is 0 Å². The van der Waals surface area contributed by atoms with E-state index in [1.165, 1.54) is 5.39 Å². The van der Waals surface area contributed by atoms with E-state index in [2.05, 4.69) is 6.07 Å². The van der Waals surface area contributed by atoms with Crippen molar-refractivity contribution in [2.45, 2.75) is 6.92 Å². The first-order chi connectivity index (χ1) is 7.66. The van der Waals surface area contributed by atoms with Crippen LogP contribution in [-0.4, -0.2) is 11.1 Å². The van der Waals surface area contributed by atoms with Gasteiger partial charge in [0.25, 0.3) is 0 Å². The molecule has 0 heterocycles. The summed E-state index contributed by atoms with van der Waals surface area (Å²) in [5.74, 6) is -0.924. The monoisotopic (exact) mass is 212 g/mol. The molecule has 0 bridgehead atoms. The Hall–Kier alpha value is -2.09. The van der Waals surface area contributed by atoms with Crippen molar-refractivity contribution in [3.8, 4) is 0 Å². The third-order valence-electron chi connectivity index (χ3n) is 2.54. The van der Waals surface area contributed by atoms with Gasteiger partial charge in [-0.25, -0.2) is 4.79 Å². The summed E-state index contributed by atoms with van der Waals surface area (Å²) in [5, 5.41) is 10.9. The third kappa shape index (κ3) is 2.11. The van der Waals surface area contributed by atoms with Crippen molar-refractivity contribution in [3.63, 3.8) is 0 Å². The van der Waals surface area contributed by atoms with Crippen molar-refractivity contribution in [1.82, 2.24) is 0 Å². The molecule has 0 aliphatic heterocycles. The molecule has 0 aliphatic rings. The number of carboxylic acid groups (broad SMARTS) is 1. The summed E-state index contributed by atoms with van der Waals surface area (Å²) < 4.78 is 0. The maximum Gasteiger partial charge on any atom is 0.328 e. The molecule has 0 aromatic heterocycles. The topological polar surface area (TPSA) is 37.3 Å². The summed E-state index contributed by atoms with van der Waals surface area (Å²) in [6.07, 6.45) is 2.79. The van der Waals surface area contributed by atoms with Gasteiger partial charge in [0.2, 0.25) is 0 Å². The normalized spacial score (nSPS) is 11.1. The number of fused-ring (bicyclic) bond motifs is 1. The summed E-state index contributed by atoms with van der Waals surface area (Å²) in [6, 6.07) is 12.1. The summed E-state index contributed by atoms with van der Waals surface area (Å²) in [6.45, 7) is 1.98. The molecule has 0 aliphatic carbocycles. The Kier molecular flexibility index (Phi) is 2.73. The lowest BCUT2D eigenvalue weighted by Crippen LogP contribution is -1.87. The van der Waals surface area contributed by atoms with E-state index in [9.17, 15) is 4.79 Å². The van der Waals surface area contributed by atoms with Gasteiger partial charge in [-0.05, 0) is 41.0 Å². The van der Waals surface area contributed by atoms with Gasteiger partial charge in [0, 0.05) is 6.08 Å². The zero-order chi connectivity index (χ0) is 11.5. The van der Waals surface area contributed by atoms with Crippen molar-refractivity contribution in [2.75, 3.05) is 0 Å². The molecule has 0 saturated heterocycles. The summed E-state index contributed by atoms with van der Waals surface area (Å²) in [4.78, 5) is 10.5. The van der Waals surface area contributed by atoms with E-state index in [4.69, 9.17) is 5.11 Å². The molecule has 0 spiro atoms. The zero-order valence-electron chi connectivity index (χ0n) is 8.97. The standard InChI is InChI=1S/C14H12O2/c1-10-8-12-4-2-3-5-13(12)9-11(10)6-7-14(15)16/h2-9H,1H3,(H,15,16). The van der Waals surface area contributed by atoms with Crippen molar-refractivity contribution >= 4 is 22.8 Å². The zero-order valence-corrected chi connectivity index (χ0v) is 8.97. The van der Waals surface area contributed by atoms with Crippen LogP contribution in [0.3, 0.4) is 0 Å². The first-order valence-electron chi connectivity index (χ1n) is 5.07. The molecule has 2 nitrogen and oxygen atoms in total. The van der Waals surface area contributed by atoms with Gasteiger partial charge in [-0.2, -0.15) is 0 Å². The highest BCUT2D eigenvalue weighted by Crippen LogP contribution is 2.20. The van der Waals surface area contributed by atoms with E-state index in [0.717, 1.165) is 22.6 Å². The molecule has 0 atom stereocenters. The SMILES string of the molecule is Cc1cc2ccccc2cc1C=CC(=O)O. The fourth-order valence-corrected chi connectivity index (χ4v) is 1.71. The van der Waals surface area contributed by atoms with E-state index in [-0.39, 0.29) is 0 Å². The molecule has 16 heavy (non-hydrogen) atoms. The van der Waals surface area contributed by atoms with Gasteiger partial charge in [-0.1, -0.05) is 30.3 Å². The van der Waals surface area contributed by atoms with Crippen molar-refractivity contribution in [2.24, 2.45) is 0 Å². The predicted octanol–water partition coefficient (Wildman–Crippen LogP) is 3.25. The summed E-state index contributed by atoms with van der Waals surface area (Å²) in [5.41, 5.74) is 2.03. The average molecular weight is 212 g/mol. The Balaban J connectivity index is 2.54. The number of aryl methyl sites for hydroxylation is 1. The van der Waals surface area contributed by atoms with E-state index < -0.39 is 5.97 Å². The van der Waals surface area contributed by atoms with Crippen molar-refractivity contribution in [3.05, 3.63) is 53.6 Å². The molecule has 0 radical (unpaired) electrons. The lowest BCUT2D eigenvalue weighted by molar-refractivity contribution is -0.131. The van der Waals surface area contributed by atoms with Crippen LogP contribution in [0.1, 0.15) is 11.1 Å². The van der Waals surface area contributed by atoms with Crippen LogP contribution in [0.2, 0.25) is 0 Å². The van der Waals surface area contributed by atoms with Crippen LogP contribution in [0.15, 0.2) is 42.5 Å². The molecule has 80 valence electrons. The maximum atomic E-state index is 10.5. The second-order valence-corrected chi connectivity index (χ2v) is 3.73. The van der Waals surface area contributed by atoms with Gasteiger partial charge in [0.15, 0.2) is 0 Å². The number of benzene rings is 2. The molecule has 2 rings (SSSR count). The number of carbonyl (C=O) groups is 1. The second kappa shape index (κ2) is 4.19. The quantitative estimate of drug-likeness (QED) is 0.776. The molecule has 1 N–H and O–H groups in total. The minimum absolute atomic E-state index is 0.924. The number of aliphatic carboxylic acids is 1. The number of rotatable bonds is 2. The molecule has 0 saturated carbocycles. The van der Waals surface area contributed by atoms with E-state index >= 15 is 0 Å². The summed E-state index contributed by atoms with van der Waals surface area (Å²) >= 11 is 0. The van der Waals surface area contributed by atoms with Crippen LogP contribution in [0.5, 0.6) is 0 Å². The molecular formula is C14H12O2. The number of carboxylic acids is 1. The first-order valence-corrected chi connectivity index (χ1v) is 5.07. The molecule has 0 unspecified atom stereocenters. The minimum atomic E-state index is -0.924. The first kappa shape index (κ1) is 10.4. The van der Waals surface area contributed by atoms with E-state index in [1.807, 2.05) is 37.3 Å². The fourth-order valence-electron chi connectivity index (χ4n) is 1.71. The molecule has 0 fully saturated rings. The van der Waals surface area contributed by atoms with Gasteiger partial charge < -0.3 is 5.11 Å². The summed E-state index contributed by atoms with van der Waals surface area (Å²) in [7, 11) is 0. The fraction of sp³-hybridized carbons (Fsp3) is 0.0714. The Morgan fingerprint density at radius 2 is 1.81 bits per heavy atom. The van der Waals surface area contributed by atoms with Gasteiger partial charge in [0.05, 0.1) is 0 Å². The largest absolute Gasteiger partial charge is 0.478 e. The van der Waals surface area contributed by atoms with Gasteiger partial charge in [-0.3, -0.25) is 0 Å². The highest BCUT2D eigenvalue weighted by atomic mass is 16.4. The van der Waals surface area contributed by atoms with Crippen LogP contribution in [0.25, 0.3) is 16.8 Å². The smallest absolute Gasteiger partial charge is 0.328 e. The average Bonchev–Trinajstić information content (AvgIpc) is 2.26. The van der Waals surface area contributed by atoms with Crippen LogP contribution >= 0.6 is 0 Å². The number of hydrogen-bond donors (Lipinski definition) is 1. The Bertz CT molecular complexity index is 568. The van der Waals surface area contributed by atoms with Crippen LogP contribution in [0, 0.1) is 6.92 Å². The third-order valence-corrected chi connectivity index (χ3v) is 2.54. The number of hydrogen-bond acceptors (Lipinski definition) is 1. The highest BCUT2D eigenvalue weighted by molar-refractivity contribution is 5.89. The highest BCUT2D eigenvalue weighted by Gasteiger charge is 1.98. The lowest BCUT2D eigenvalue weighted by Gasteiger charge is -2.03. The Morgan fingerprint density at radius 3 is 2.44 bits per heavy atom. The van der Waals surface area contributed by atoms with Gasteiger partial charge >= 0.3 is 5.97 Å². The van der Waals surface area contributed by atoms with Crippen LogP contribution in [0.4, 0.5) is 0 Å². The van der Waals surface area contributed by atoms with Crippen LogP contribution < -0.4 is 0 Å². The second-order valence-electron chi connectivity index (χ2n) is 3.73. The Labute approximate surface area is 93.8 Å². The maximum absolute atomic E-state index is 10.5. The molecule has 2 aromatic rings. The molecular weight excluding hydrogens is 200 g/mol. The van der Waals surface area contributed by atoms with E-state index in [1.54, 1.807) is 6.08 Å². The molecule has 0 amide bonds. The van der Waals surface area contributed by atoms with E-state index in [0.29, 0.717) is 0 Å². The molecule has 2 aromatic carbocycles.